The Hall–Kier alpha value is -4.11. The van der Waals surface area contributed by atoms with E-state index in [1.54, 1.807) is 22.2 Å². The van der Waals surface area contributed by atoms with Gasteiger partial charge in [0, 0.05) is 17.4 Å². The second-order valence-corrected chi connectivity index (χ2v) is 8.81. The molecule has 0 atom stereocenters. The van der Waals surface area contributed by atoms with E-state index < -0.39 is 0 Å². The Bertz CT molecular complexity index is 1420. The van der Waals surface area contributed by atoms with Crippen molar-refractivity contribution < 1.29 is 4.79 Å². The summed E-state index contributed by atoms with van der Waals surface area (Å²) in [6.07, 6.45) is 3.95. The van der Waals surface area contributed by atoms with Gasteiger partial charge in [0.15, 0.2) is 5.82 Å². The van der Waals surface area contributed by atoms with Gasteiger partial charge in [0.25, 0.3) is 5.91 Å². The van der Waals surface area contributed by atoms with Crippen molar-refractivity contribution in [1.29, 1.82) is 0 Å². The number of carbonyl (C=O) groups is 1. The summed E-state index contributed by atoms with van der Waals surface area (Å²) < 4.78 is 3.60. The lowest BCUT2D eigenvalue weighted by atomic mass is 10.1. The minimum absolute atomic E-state index is 0.223. The van der Waals surface area contributed by atoms with Gasteiger partial charge in [-0.15, -0.1) is 16.4 Å². The van der Waals surface area contributed by atoms with Gasteiger partial charge >= 0.3 is 0 Å². The van der Waals surface area contributed by atoms with Crippen molar-refractivity contribution in [2.45, 2.75) is 18.9 Å². The predicted octanol–water partition coefficient (Wildman–Crippen LogP) is 4.84. The van der Waals surface area contributed by atoms with E-state index in [0.29, 0.717) is 28.8 Å². The standard InChI is InChI=1S/C24H19N7OS/c32-24(25-17-7-4-6-16(14-17)23-26-28-29-31(23)19-11-12-19)20-15-30(18-8-2-1-3-9-18)27-22(20)21-10-5-13-33-21/h1-10,13-15,19H,11-12H2,(H,25,32). The summed E-state index contributed by atoms with van der Waals surface area (Å²) in [6, 6.07) is 21.7. The third-order valence-corrected chi connectivity index (χ3v) is 6.37. The predicted molar refractivity (Wildman–Crippen MR) is 126 cm³/mol. The van der Waals surface area contributed by atoms with Crippen LogP contribution in [-0.4, -0.2) is 35.9 Å². The first-order valence-electron chi connectivity index (χ1n) is 10.6. The topological polar surface area (TPSA) is 90.5 Å². The molecule has 0 unspecified atom stereocenters. The van der Waals surface area contributed by atoms with Crippen LogP contribution in [0.25, 0.3) is 27.6 Å². The number of rotatable bonds is 6. The van der Waals surface area contributed by atoms with Gasteiger partial charge < -0.3 is 5.32 Å². The Morgan fingerprint density at radius 1 is 1.03 bits per heavy atom. The molecule has 2 aromatic carbocycles. The fraction of sp³-hybridized carbons (Fsp3) is 0.125. The molecule has 0 aliphatic heterocycles. The van der Waals surface area contributed by atoms with E-state index in [9.17, 15) is 4.79 Å². The molecule has 5 aromatic rings. The number of hydrogen-bond donors (Lipinski definition) is 1. The molecule has 1 aliphatic carbocycles. The zero-order valence-electron chi connectivity index (χ0n) is 17.5. The lowest BCUT2D eigenvalue weighted by molar-refractivity contribution is 0.102. The molecule has 0 bridgehead atoms. The number of nitrogens with zero attached hydrogens (tertiary/aromatic N) is 6. The van der Waals surface area contributed by atoms with E-state index in [-0.39, 0.29) is 5.91 Å². The van der Waals surface area contributed by atoms with Crippen LogP contribution in [0.3, 0.4) is 0 Å². The van der Waals surface area contributed by atoms with Gasteiger partial charge in [-0.05, 0) is 59.0 Å². The molecule has 1 N–H and O–H groups in total. The van der Waals surface area contributed by atoms with Gasteiger partial charge in [0.2, 0.25) is 0 Å². The monoisotopic (exact) mass is 453 g/mol. The van der Waals surface area contributed by atoms with Gasteiger partial charge in [0.1, 0.15) is 5.69 Å². The molecule has 8 nitrogen and oxygen atoms in total. The van der Waals surface area contributed by atoms with Crippen LogP contribution in [0, 0.1) is 0 Å². The normalized spacial score (nSPS) is 13.2. The number of anilines is 1. The van der Waals surface area contributed by atoms with Crippen molar-refractivity contribution in [1.82, 2.24) is 30.0 Å². The molecule has 33 heavy (non-hydrogen) atoms. The Morgan fingerprint density at radius 2 is 1.91 bits per heavy atom. The lowest BCUT2D eigenvalue weighted by Gasteiger charge is -2.07. The molecule has 0 saturated heterocycles. The molecular formula is C24H19N7OS. The van der Waals surface area contributed by atoms with E-state index in [1.165, 1.54) is 0 Å². The zero-order valence-corrected chi connectivity index (χ0v) is 18.3. The average molecular weight is 454 g/mol. The second-order valence-electron chi connectivity index (χ2n) is 7.86. The lowest BCUT2D eigenvalue weighted by Crippen LogP contribution is -2.12. The minimum atomic E-state index is -0.223. The number of para-hydroxylation sites is 1. The third kappa shape index (κ3) is 3.83. The first-order valence-corrected chi connectivity index (χ1v) is 11.5. The third-order valence-electron chi connectivity index (χ3n) is 5.50. The number of aromatic nitrogens is 6. The highest BCUT2D eigenvalue weighted by Crippen LogP contribution is 2.37. The van der Waals surface area contributed by atoms with Crippen molar-refractivity contribution in [3.05, 3.63) is 83.9 Å². The van der Waals surface area contributed by atoms with Crippen molar-refractivity contribution in [2.75, 3.05) is 5.32 Å². The van der Waals surface area contributed by atoms with E-state index >= 15 is 0 Å². The molecule has 162 valence electrons. The van der Waals surface area contributed by atoms with Gasteiger partial charge in [-0.1, -0.05) is 36.4 Å². The Morgan fingerprint density at radius 3 is 2.70 bits per heavy atom. The fourth-order valence-electron chi connectivity index (χ4n) is 3.73. The zero-order chi connectivity index (χ0) is 22.2. The molecule has 0 spiro atoms. The second kappa shape index (κ2) is 8.10. The molecule has 3 heterocycles. The Balaban J connectivity index is 1.33. The summed E-state index contributed by atoms with van der Waals surface area (Å²) in [5.74, 6) is 0.490. The van der Waals surface area contributed by atoms with E-state index in [4.69, 9.17) is 5.10 Å². The van der Waals surface area contributed by atoms with E-state index in [0.717, 1.165) is 29.0 Å². The Kier molecular flexibility index (Phi) is 4.80. The summed E-state index contributed by atoms with van der Waals surface area (Å²) in [5.41, 5.74) is 3.59. The van der Waals surface area contributed by atoms with Crippen LogP contribution >= 0.6 is 11.3 Å². The molecular weight excluding hydrogens is 434 g/mol. The van der Waals surface area contributed by atoms with Gasteiger partial charge in [-0.3, -0.25) is 4.79 Å². The SMILES string of the molecule is O=C(Nc1cccc(-c2nnnn2C2CC2)c1)c1cn(-c2ccccc2)nc1-c1cccs1. The smallest absolute Gasteiger partial charge is 0.259 e. The van der Waals surface area contributed by atoms with Crippen molar-refractivity contribution >= 4 is 22.9 Å². The van der Waals surface area contributed by atoms with E-state index in [2.05, 4.69) is 20.8 Å². The van der Waals surface area contributed by atoms with Gasteiger partial charge in [-0.25, -0.2) is 9.36 Å². The molecule has 1 aliphatic rings. The fourth-order valence-corrected chi connectivity index (χ4v) is 4.45. The van der Waals surface area contributed by atoms with E-state index in [1.807, 2.05) is 76.8 Å². The molecule has 6 rings (SSSR count). The summed E-state index contributed by atoms with van der Waals surface area (Å²) in [5, 5.41) is 21.9. The highest BCUT2D eigenvalue weighted by molar-refractivity contribution is 7.13. The van der Waals surface area contributed by atoms with Crippen LogP contribution in [0.1, 0.15) is 29.2 Å². The summed E-state index contributed by atoms with van der Waals surface area (Å²) in [4.78, 5) is 14.3. The van der Waals surface area contributed by atoms with Crippen LogP contribution in [-0.2, 0) is 0 Å². The van der Waals surface area contributed by atoms with Crippen LogP contribution in [0.15, 0.2) is 78.3 Å². The largest absolute Gasteiger partial charge is 0.322 e. The highest BCUT2D eigenvalue weighted by atomic mass is 32.1. The van der Waals surface area contributed by atoms with Crippen molar-refractivity contribution in [3.63, 3.8) is 0 Å². The minimum Gasteiger partial charge on any atom is -0.322 e. The number of amides is 1. The van der Waals surface area contributed by atoms with Crippen LogP contribution in [0.4, 0.5) is 5.69 Å². The molecule has 1 amide bonds. The number of benzene rings is 2. The van der Waals surface area contributed by atoms with Crippen molar-refractivity contribution in [2.24, 2.45) is 0 Å². The molecule has 3 aromatic heterocycles. The van der Waals surface area contributed by atoms with Crippen LogP contribution < -0.4 is 5.32 Å². The highest BCUT2D eigenvalue weighted by Gasteiger charge is 2.28. The number of tetrazole rings is 1. The van der Waals surface area contributed by atoms with Crippen LogP contribution in [0.2, 0.25) is 0 Å². The Labute approximate surface area is 193 Å². The average Bonchev–Trinajstić information content (AvgIpc) is 3.26. The summed E-state index contributed by atoms with van der Waals surface area (Å²) in [6.45, 7) is 0. The summed E-state index contributed by atoms with van der Waals surface area (Å²) in [7, 11) is 0. The number of nitrogens with one attached hydrogen (secondary N) is 1. The quantitative estimate of drug-likeness (QED) is 0.397. The summed E-state index contributed by atoms with van der Waals surface area (Å²) >= 11 is 1.55. The molecule has 9 heteroatoms. The van der Waals surface area contributed by atoms with Gasteiger partial charge in [0.05, 0.1) is 22.2 Å². The first-order chi connectivity index (χ1) is 16.3. The maximum absolute atomic E-state index is 13.4. The maximum Gasteiger partial charge on any atom is 0.259 e. The van der Waals surface area contributed by atoms with Crippen molar-refractivity contribution in [3.8, 4) is 27.6 Å². The number of thiophene rings is 1. The number of hydrogen-bond acceptors (Lipinski definition) is 6. The number of carbonyl (C=O) groups excluding carboxylic acids is 1. The first kappa shape index (κ1) is 19.6. The molecule has 1 fully saturated rings. The molecule has 1 saturated carbocycles. The molecule has 0 radical (unpaired) electrons. The van der Waals surface area contributed by atoms with Crippen LogP contribution in [0.5, 0.6) is 0 Å². The maximum atomic E-state index is 13.4. The van der Waals surface area contributed by atoms with Gasteiger partial charge in [-0.2, -0.15) is 5.10 Å².